The van der Waals surface area contributed by atoms with Crippen LogP contribution in [0.25, 0.3) is 0 Å². The van der Waals surface area contributed by atoms with Gasteiger partial charge in [-0.2, -0.15) is 0 Å². The summed E-state index contributed by atoms with van der Waals surface area (Å²) in [5.74, 6) is 1.77. The lowest BCUT2D eigenvalue weighted by Crippen LogP contribution is -2.42. The molecule has 0 aliphatic carbocycles. The summed E-state index contributed by atoms with van der Waals surface area (Å²) in [5, 5.41) is 8.15. The lowest BCUT2D eigenvalue weighted by molar-refractivity contribution is -0.151. The third-order valence-corrected chi connectivity index (χ3v) is 5.28. The predicted octanol–water partition coefficient (Wildman–Crippen LogP) is 2.41. The number of hydrogen-bond acceptors (Lipinski definition) is 8. The SMILES string of the molecule is CCOC(=O)C1CCCN(C(=O)CCc2nnc(Cc3cc(OC)ccc3OC)o2)C1. The van der Waals surface area contributed by atoms with Crippen molar-refractivity contribution < 1.29 is 28.2 Å². The molecule has 1 aliphatic heterocycles. The van der Waals surface area contributed by atoms with Crippen molar-refractivity contribution in [3.63, 3.8) is 0 Å². The second kappa shape index (κ2) is 10.8. The van der Waals surface area contributed by atoms with Crippen molar-refractivity contribution in [1.29, 1.82) is 0 Å². The average molecular weight is 431 g/mol. The number of piperidine rings is 1. The fraction of sp³-hybridized carbons (Fsp3) is 0.545. The predicted molar refractivity (Wildman–Crippen MR) is 111 cm³/mol. The molecule has 9 nitrogen and oxygen atoms in total. The quantitative estimate of drug-likeness (QED) is 0.558. The molecular formula is C22H29N3O6. The lowest BCUT2D eigenvalue weighted by Gasteiger charge is -2.31. The van der Waals surface area contributed by atoms with Crippen LogP contribution in [0.5, 0.6) is 11.5 Å². The van der Waals surface area contributed by atoms with Gasteiger partial charge in [0.2, 0.25) is 17.7 Å². The third-order valence-electron chi connectivity index (χ3n) is 5.28. The molecule has 168 valence electrons. The van der Waals surface area contributed by atoms with E-state index in [1.807, 2.05) is 18.2 Å². The number of aromatic nitrogens is 2. The second-order valence-corrected chi connectivity index (χ2v) is 7.38. The average Bonchev–Trinajstić information content (AvgIpc) is 3.24. The topological polar surface area (TPSA) is 104 Å². The summed E-state index contributed by atoms with van der Waals surface area (Å²) in [4.78, 5) is 26.3. The first-order valence-electron chi connectivity index (χ1n) is 10.5. The molecule has 31 heavy (non-hydrogen) atoms. The van der Waals surface area contributed by atoms with Crippen LogP contribution in [0, 0.1) is 5.92 Å². The van der Waals surface area contributed by atoms with Crippen molar-refractivity contribution in [3.05, 3.63) is 35.5 Å². The van der Waals surface area contributed by atoms with Gasteiger partial charge < -0.3 is 23.5 Å². The zero-order valence-electron chi connectivity index (χ0n) is 18.3. The minimum absolute atomic E-state index is 0.0248. The number of amides is 1. The fourth-order valence-corrected chi connectivity index (χ4v) is 3.67. The summed E-state index contributed by atoms with van der Waals surface area (Å²) < 4.78 is 21.5. The number of aryl methyl sites for hydroxylation is 1. The highest BCUT2D eigenvalue weighted by Gasteiger charge is 2.29. The van der Waals surface area contributed by atoms with Gasteiger partial charge in [-0.3, -0.25) is 9.59 Å². The third kappa shape index (κ3) is 5.96. The number of nitrogens with zero attached hydrogens (tertiary/aromatic N) is 3. The van der Waals surface area contributed by atoms with E-state index in [0.717, 1.165) is 18.4 Å². The minimum Gasteiger partial charge on any atom is -0.497 e. The van der Waals surface area contributed by atoms with Crippen LogP contribution in [0.1, 0.15) is 43.5 Å². The Balaban J connectivity index is 1.54. The van der Waals surface area contributed by atoms with Crippen molar-refractivity contribution in [2.24, 2.45) is 5.92 Å². The Bertz CT molecular complexity index is 897. The molecule has 9 heteroatoms. The number of rotatable bonds is 9. The van der Waals surface area contributed by atoms with Crippen LogP contribution in [0.15, 0.2) is 22.6 Å². The van der Waals surface area contributed by atoms with Gasteiger partial charge >= 0.3 is 5.97 Å². The van der Waals surface area contributed by atoms with E-state index in [1.54, 1.807) is 26.0 Å². The number of esters is 1. The Morgan fingerprint density at radius 2 is 2.00 bits per heavy atom. The molecule has 0 radical (unpaired) electrons. The maximum absolute atomic E-state index is 12.6. The van der Waals surface area contributed by atoms with E-state index in [-0.39, 0.29) is 24.2 Å². The second-order valence-electron chi connectivity index (χ2n) is 7.38. The number of carbonyl (C=O) groups is 2. The van der Waals surface area contributed by atoms with Crippen molar-refractivity contribution in [1.82, 2.24) is 15.1 Å². The zero-order chi connectivity index (χ0) is 22.2. The molecular weight excluding hydrogens is 402 g/mol. The van der Waals surface area contributed by atoms with Crippen molar-refractivity contribution >= 4 is 11.9 Å². The molecule has 0 saturated carbocycles. The van der Waals surface area contributed by atoms with E-state index in [2.05, 4.69) is 10.2 Å². The van der Waals surface area contributed by atoms with Gasteiger partial charge in [-0.1, -0.05) is 0 Å². The Morgan fingerprint density at radius 3 is 2.74 bits per heavy atom. The first kappa shape index (κ1) is 22.6. The van der Waals surface area contributed by atoms with E-state index in [0.29, 0.717) is 55.8 Å². The van der Waals surface area contributed by atoms with Gasteiger partial charge in [0, 0.05) is 31.5 Å². The van der Waals surface area contributed by atoms with Crippen LogP contribution in [-0.2, 0) is 27.2 Å². The van der Waals surface area contributed by atoms with Crippen molar-refractivity contribution in [3.8, 4) is 11.5 Å². The molecule has 1 fully saturated rings. The minimum atomic E-state index is -0.245. The van der Waals surface area contributed by atoms with Crippen LogP contribution in [0.4, 0.5) is 0 Å². The maximum Gasteiger partial charge on any atom is 0.310 e. The Hall–Kier alpha value is -3.10. The van der Waals surface area contributed by atoms with Crippen molar-refractivity contribution in [2.45, 2.75) is 39.0 Å². The molecule has 1 saturated heterocycles. The number of ether oxygens (including phenoxy) is 3. The Morgan fingerprint density at radius 1 is 1.19 bits per heavy atom. The molecule has 2 heterocycles. The summed E-state index contributed by atoms with van der Waals surface area (Å²) in [5.41, 5.74) is 0.867. The van der Waals surface area contributed by atoms with E-state index < -0.39 is 0 Å². The number of hydrogen-bond donors (Lipinski definition) is 0. The Kier molecular flexibility index (Phi) is 7.86. The fourth-order valence-electron chi connectivity index (χ4n) is 3.67. The van der Waals surface area contributed by atoms with Gasteiger partial charge in [0.25, 0.3) is 0 Å². The molecule has 1 amide bonds. The van der Waals surface area contributed by atoms with Gasteiger partial charge in [0.05, 0.1) is 33.2 Å². The normalized spacial score (nSPS) is 16.1. The van der Waals surface area contributed by atoms with Crippen LogP contribution in [-0.4, -0.2) is 60.9 Å². The van der Waals surface area contributed by atoms with Crippen LogP contribution < -0.4 is 9.47 Å². The highest BCUT2D eigenvalue weighted by molar-refractivity contribution is 5.78. The molecule has 0 bridgehead atoms. The largest absolute Gasteiger partial charge is 0.497 e. The van der Waals surface area contributed by atoms with E-state index in [9.17, 15) is 9.59 Å². The molecule has 1 unspecified atom stereocenters. The van der Waals surface area contributed by atoms with Gasteiger partial charge in [0.1, 0.15) is 11.5 Å². The molecule has 1 aromatic carbocycles. The number of benzene rings is 1. The monoisotopic (exact) mass is 431 g/mol. The maximum atomic E-state index is 12.6. The van der Waals surface area contributed by atoms with Crippen LogP contribution in [0.3, 0.4) is 0 Å². The molecule has 0 spiro atoms. The van der Waals surface area contributed by atoms with Crippen LogP contribution >= 0.6 is 0 Å². The van der Waals surface area contributed by atoms with Gasteiger partial charge in [-0.25, -0.2) is 0 Å². The molecule has 1 aliphatic rings. The standard InChI is InChI=1S/C22H29N3O6/c1-4-30-22(27)15-6-5-11-25(14-15)21(26)10-9-19-23-24-20(31-19)13-16-12-17(28-2)7-8-18(16)29-3/h7-8,12,15H,4-6,9-11,13-14H2,1-3H3. The first-order chi connectivity index (χ1) is 15.0. The van der Waals surface area contributed by atoms with Gasteiger partial charge in [-0.05, 0) is 38.0 Å². The molecule has 1 aromatic heterocycles. The summed E-state index contributed by atoms with van der Waals surface area (Å²) in [7, 11) is 3.20. The summed E-state index contributed by atoms with van der Waals surface area (Å²) in [6, 6.07) is 5.51. The van der Waals surface area contributed by atoms with Crippen molar-refractivity contribution in [2.75, 3.05) is 33.9 Å². The summed E-state index contributed by atoms with van der Waals surface area (Å²) in [6.45, 7) is 3.19. The van der Waals surface area contributed by atoms with E-state index >= 15 is 0 Å². The van der Waals surface area contributed by atoms with Gasteiger partial charge in [0.15, 0.2) is 0 Å². The molecule has 0 N–H and O–H groups in total. The number of carbonyl (C=O) groups excluding carboxylic acids is 2. The summed E-state index contributed by atoms with van der Waals surface area (Å²) >= 11 is 0. The number of likely N-dealkylation sites (tertiary alicyclic amines) is 1. The van der Waals surface area contributed by atoms with E-state index in [1.165, 1.54) is 0 Å². The highest BCUT2D eigenvalue weighted by atomic mass is 16.5. The van der Waals surface area contributed by atoms with Gasteiger partial charge in [-0.15, -0.1) is 10.2 Å². The highest BCUT2D eigenvalue weighted by Crippen LogP contribution is 2.26. The molecule has 2 aromatic rings. The zero-order valence-corrected chi connectivity index (χ0v) is 18.3. The first-order valence-corrected chi connectivity index (χ1v) is 10.5. The van der Waals surface area contributed by atoms with Crippen LogP contribution in [0.2, 0.25) is 0 Å². The lowest BCUT2D eigenvalue weighted by atomic mass is 9.98. The van der Waals surface area contributed by atoms with E-state index in [4.69, 9.17) is 18.6 Å². The molecule has 1 atom stereocenters. The molecule has 3 rings (SSSR count). The Labute approximate surface area is 181 Å². The summed E-state index contributed by atoms with van der Waals surface area (Å²) in [6.07, 6.45) is 2.54. The smallest absolute Gasteiger partial charge is 0.310 e. The number of methoxy groups -OCH3 is 2.